The van der Waals surface area contributed by atoms with Crippen LogP contribution in [0.25, 0.3) is 0 Å². The van der Waals surface area contributed by atoms with Crippen LogP contribution in [0.15, 0.2) is 6.20 Å². The number of nitrogens with zero attached hydrogens (tertiary/aromatic N) is 2. The molecular weight excluding hydrogens is 308 g/mol. The van der Waals surface area contributed by atoms with Crippen molar-refractivity contribution in [1.82, 2.24) is 15.1 Å². The van der Waals surface area contributed by atoms with Crippen LogP contribution in [-0.4, -0.2) is 39.7 Å². The number of aliphatic hydroxyl groups excluding tert-OH is 1. The van der Waals surface area contributed by atoms with Crippen LogP contribution in [0, 0.1) is 5.41 Å². The molecule has 24 heavy (non-hydrogen) atoms. The Labute approximate surface area is 143 Å². The summed E-state index contributed by atoms with van der Waals surface area (Å²) in [5, 5.41) is 20.0. The summed E-state index contributed by atoms with van der Waals surface area (Å²) in [7, 11) is 0. The van der Waals surface area contributed by atoms with E-state index in [2.05, 4.69) is 15.7 Å². The van der Waals surface area contributed by atoms with Gasteiger partial charge in [-0.3, -0.25) is 10.00 Å². The molecule has 3 N–H and O–H groups in total. The van der Waals surface area contributed by atoms with Gasteiger partial charge in [0.1, 0.15) is 5.60 Å². The summed E-state index contributed by atoms with van der Waals surface area (Å²) in [5.74, 6) is 0. The van der Waals surface area contributed by atoms with Crippen molar-refractivity contribution in [2.45, 2.75) is 65.6 Å². The number of aliphatic hydroxyl groups is 1. The van der Waals surface area contributed by atoms with E-state index in [4.69, 9.17) is 4.74 Å². The van der Waals surface area contributed by atoms with Gasteiger partial charge in [0.2, 0.25) is 0 Å². The first-order chi connectivity index (χ1) is 11.3. The van der Waals surface area contributed by atoms with Crippen LogP contribution in [0.1, 0.15) is 52.7 Å². The molecule has 7 nitrogen and oxygen atoms in total. The van der Waals surface area contributed by atoms with E-state index >= 15 is 0 Å². The molecule has 0 bridgehead atoms. The maximum Gasteiger partial charge on any atom is 0.412 e. The summed E-state index contributed by atoms with van der Waals surface area (Å²) in [4.78, 5) is 12.0. The lowest BCUT2D eigenvalue weighted by atomic mass is 9.69. The average molecular weight is 338 g/mol. The minimum Gasteiger partial charge on any atom is -0.444 e. The van der Waals surface area contributed by atoms with Crippen LogP contribution in [0.5, 0.6) is 0 Å². The molecule has 7 heteroatoms. The lowest BCUT2D eigenvalue weighted by Gasteiger charge is -2.40. The summed E-state index contributed by atoms with van der Waals surface area (Å²) < 4.78 is 7.15. The molecule has 1 aliphatic carbocycles. The van der Waals surface area contributed by atoms with Crippen molar-refractivity contribution in [3.05, 3.63) is 11.9 Å². The number of amides is 1. The molecule has 0 aliphatic heterocycles. The smallest absolute Gasteiger partial charge is 0.412 e. The van der Waals surface area contributed by atoms with E-state index in [1.54, 1.807) is 6.20 Å². The molecule has 0 unspecified atom stereocenters. The van der Waals surface area contributed by atoms with Crippen LogP contribution in [-0.2, 0) is 17.8 Å². The molecule has 1 aromatic heterocycles. The summed E-state index contributed by atoms with van der Waals surface area (Å²) >= 11 is 0. The molecule has 1 aromatic rings. The van der Waals surface area contributed by atoms with Crippen molar-refractivity contribution in [3.8, 4) is 0 Å². The topological polar surface area (TPSA) is 88.4 Å². The predicted octanol–water partition coefficient (Wildman–Crippen LogP) is 2.50. The highest BCUT2D eigenvalue weighted by atomic mass is 16.6. The van der Waals surface area contributed by atoms with Crippen molar-refractivity contribution < 1.29 is 14.6 Å². The highest BCUT2D eigenvalue weighted by molar-refractivity contribution is 5.85. The van der Waals surface area contributed by atoms with Gasteiger partial charge in [0.25, 0.3) is 0 Å². The number of aromatic nitrogens is 2. The summed E-state index contributed by atoms with van der Waals surface area (Å²) in [6.45, 7) is 9.79. The van der Waals surface area contributed by atoms with Crippen molar-refractivity contribution in [2.75, 3.05) is 18.5 Å². The van der Waals surface area contributed by atoms with Crippen LogP contribution < -0.4 is 10.6 Å². The van der Waals surface area contributed by atoms with Gasteiger partial charge in [0, 0.05) is 31.7 Å². The highest BCUT2D eigenvalue weighted by Gasteiger charge is 2.35. The van der Waals surface area contributed by atoms with Gasteiger partial charge in [0.05, 0.1) is 17.6 Å². The second-order valence-electron chi connectivity index (χ2n) is 7.56. The third-order valence-electron chi connectivity index (χ3n) is 4.43. The minimum atomic E-state index is -0.541. The van der Waals surface area contributed by atoms with Gasteiger partial charge >= 0.3 is 6.09 Å². The lowest BCUT2D eigenvalue weighted by Crippen LogP contribution is -2.42. The standard InChI is InChI=1S/C17H30N4O3/c1-5-21-14(10-18-11-17(12-22)7-6-8-17)13(9-19-21)20-15(23)24-16(2,3)4/h9,18,22H,5-8,10-12H2,1-4H3,(H,20,23). The number of hydrogen-bond donors (Lipinski definition) is 3. The van der Waals surface area contributed by atoms with Crippen LogP contribution >= 0.6 is 0 Å². The number of aryl methyl sites for hydroxylation is 1. The zero-order valence-electron chi connectivity index (χ0n) is 15.2. The van der Waals surface area contributed by atoms with E-state index in [0.29, 0.717) is 12.2 Å². The van der Waals surface area contributed by atoms with E-state index in [1.165, 1.54) is 6.42 Å². The molecule has 1 saturated carbocycles. The first-order valence-electron chi connectivity index (χ1n) is 8.65. The monoisotopic (exact) mass is 338 g/mol. The number of hydrogen-bond acceptors (Lipinski definition) is 5. The Hall–Kier alpha value is -1.60. The van der Waals surface area contributed by atoms with E-state index < -0.39 is 11.7 Å². The maximum absolute atomic E-state index is 12.0. The van der Waals surface area contributed by atoms with Gasteiger partial charge in [-0.15, -0.1) is 0 Å². The van der Waals surface area contributed by atoms with Crippen molar-refractivity contribution in [2.24, 2.45) is 5.41 Å². The van der Waals surface area contributed by atoms with Gasteiger partial charge in [0.15, 0.2) is 0 Å². The normalized spacial score (nSPS) is 16.5. The van der Waals surface area contributed by atoms with Crippen molar-refractivity contribution in [3.63, 3.8) is 0 Å². The first-order valence-corrected chi connectivity index (χ1v) is 8.65. The summed E-state index contributed by atoms with van der Waals surface area (Å²) in [6, 6.07) is 0. The van der Waals surface area contributed by atoms with Gasteiger partial charge < -0.3 is 15.2 Å². The molecule has 0 saturated heterocycles. The Balaban J connectivity index is 1.97. The number of nitrogens with one attached hydrogen (secondary N) is 2. The third kappa shape index (κ3) is 4.70. The van der Waals surface area contributed by atoms with E-state index in [9.17, 15) is 9.90 Å². The van der Waals surface area contributed by atoms with Crippen molar-refractivity contribution >= 4 is 11.8 Å². The second kappa shape index (κ2) is 7.53. The van der Waals surface area contributed by atoms with Crippen molar-refractivity contribution in [1.29, 1.82) is 0 Å². The zero-order chi connectivity index (χ0) is 17.8. The molecule has 1 aliphatic rings. The number of ether oxygens (including phenoxy) is 1. The number of carbonyl (C=O) groups excluding carboxylic acids is 1. The Morgan fingerprint density at radius 3 is 2.67 bits per heavy atom. The molecule has 0 aromatic carbocycles. The molecule has 1 heterocycles. The van der Waals surface area contributed by atoms with Gasteiger partial charge in [-0.1, -0.05) is 6.42 Å². The molecule has 0 spiro atoms. The highest BCUT2D eigenvalue weighted by Crippen LogP contribution is 2.39. The molecule has 0 atom stereocenters. The van der Waals surface area contributed by atoms with Gasteiger partial charge in [-0.25, -0.2) is 4.79 Å². The molecular formula is C17H30N4O3. The zero-order valence-corrected chi connectivity index (χ0v) is 15.2. The SMILES string of the molecule is CCn1ncc(NC(=O)OC(C)(C)C)c1CNCC1(CO)CCC1. The quantitative estimate of drug-likeness (QED) is 0.711. The summed E-state index contributed by atoms with van der Waals surface area (Å²) in [6.07, 6.45) is 4.47. The fourth-order valence-corrected chi connectivity index (χ4v) is 2.90. The van der Waals surface area contributed by atoms with E-state index in [1.807, 2.05) is 32.4 Å². The molecule has 2 rings (SSSR count). The van der Waals surface area contributed by atoms with Gasteiger partial charge in [-0.2, -0.15) is 5.10 Å². The molecule has 1 amide bonds. The fourth-order valence-electron chi connectivity index (χ4n) is 2.90. The largest absolute Gasteiger partial charge is 0.444 e. The van der Waals surface area contributed by atoms with Gasteiger partial charge in [-0.05, 0) is 40.5 Å². The summed E-state index contributed by atoms with van der Waals surface area (Å²) in [5.41, 5.74) is 1.05. The number of rotatable bonds is 7. The number of anilines is 1. The second-order valence-corrected chi connectivity index (χ2v) is 7.56. The number of carbonyl (C=O) groups is 1. The van der Waals surface area contributed by atoms with Crippen LogP contribution in [0.2, 0.25) is 0 Å². The first kappa shape index (κ1) is 18.7. The predicted molar refractivity (Wildman–Crippen MR) is 92.8 cm³/mol. The minimum absolute atomic E-state index is 0.0236. The molecule has 0 radical (unpaired) electrons. The Morgan fingerprint density at radius 2 is 2.17 bits per heavy atom. The Kier molecular flexibility index (Phi) is 5.87. The van der Waals surface area contributed by atoms with Crippen LogP contribution in [0.3, 0.4) is 0 Å². The molecule has 1 fully saturated rings. The van der Waals surface area contributed by atoms with E-state index in [-0.39, 0.29) is 12.0 Å². The Morgan fingerprint density at radius 1 is 1.46 bits per heavy atom. The lowest BCUT2D eigenvalue weighted by molar-refractivity contribution is 0.0443. The van der Waals surface area contributed by atoms with E-state index in [0.717, 1.165) is 31.6 Å². The Bertz CT molecular complexity index is 553. The fraction of sp³-hybridized carbons (Fsp3) is 0.765. The van der Waals surface area contributed by atoms with Crippen LogP contribution in [0.4, 0.5) is 10.5 Å². The third-order valence-corrected chi connectivity index (χ3v) is 4.43. The average Bonchev–Trinajstić information content (AvgIpc) is 2.82. The molecule has 136 valence electrons. The maximum atomic E-state index is 12.0.